The van der Waals surface area contributed by atoms with Crippen molar-refractivity contribution >= 4 is 44.8 Å². The number of Topliss-reactive ketones (excluding diaryl/α,β-unsaturated/α-hetero) is 1. The minimum atomic E-state index is -0.464. The number of urea groups is 1. The monoisotopic (exact) mass is 620 g/mol. The standard InChI is InChI=1S/C33H33FN2O7S/c1-40-24-10-7-22(8-11-24)20-42-17-18-43-29-13-9-23(19-30(29)41-2)28(37)12-14-31(38)36-16-4-15-35(33(36)39)27-21-44-32-25(27)5-3-6-26(32)34/h3,5-11,13,19,21H,4,12,14-18,20H2,1-2H3. The Morgan fingerprint density at radius 1 is 0.932 bits per heavy atom. The molecule has 3 amide bonds. The number of carbonyl (C=O) groups is 3. The zero-order valence-electron chi connectivity index (χ0n) is 24.5. The summed E-state index contributed by atoms with van der Waals surface area (Å²) in [6, 6.07) is 16.7. The molecule has 0 bridgehead atoms. The minimum Gasteiger partial charge on any atom is -0.497 e. The van der Waals surface area contributed by atoms with E-state index in [0.717, 1.165) is 11.3 Å². The van der Waals surface area contributed by atoms with Crippen LogP contribution < -0.4 is 19.1 Å². The van der Waals surface area contributed by atoms with Crippen LogP contribution in [0.1, 0.15) is 35.2 Å². The molecule has 1 aromatic heterocycles. The van der Waals surface area contributed by atoms with Crippen LogP contribution in [-0.4, -0.2) is 63.1 Å². The highest BCUT2D eigenvalue weighted by molar-refractivity contribution is 7.17. The van der Waals surface area contributed by atoms with E-state index in [1.54, 1.807) is 42.8 Å². The van der Waals surface area contributed by atoms with Gasteiger partial charge < -0.3 is 18.9 Å². The number of ketones is 1. The molecule has 0 aliphatic carbocycles. The lowest BCUT2D eigenvalue weighted by molar-refractivity contribution is -0.128. The van der Waals surface area contributed by atoms with Gasteiger partial charge in [-0.2, -0.15) is 0 Å². The van der Waals surface area contributed by atoms with Crippen LogP contribution in [0.3, 0.4) is 0 Å². The van der Waals surface area contributed by atoms with Crippen molar-refractivity contribution in [3.8, 4) is 17.2 Å². The van der Waals surface area contributed by atoms with E-state index in [9.17, 15) is 18.8 Å². The molecular formula is C33H33FN2O7S. The number of methoxy groups -OCH3 is 2. The van der Waals surface area contributed by atoms with Gasteiger partial charge in [-0.1, -0.05) is 24.3 Å². The number of amides is 3. The number of rotatable bonds is 13. The number of ether oxygens (including phenoxy) is 4. The number of halogens is 1. The molecule has 1 aliphatic heterocycles. The quantitative estimate of drug-likeness (QED) is 0.125. The first-order valence-electron chi connectivity index (χ1n) is 14.2. The fourth-order valence-electron chi connectivity index (χ4n) is 4.98. The molecule has 1 fully saturated rings. The normalized spacial score (nSPS) is 13.3. The van der Waals surface area contributed by atoms with Gasteiger partial charge in [-0.15, -0.1) is 11.3 Å². The zero-order valence-corrected chi connectivity index (χ0v) is 25.4. The van der Waals surface area contributed by atoms with Crippen LogP contribution in [0.2, 0.25) is 0 Å². The molecule has 0 radical (unpaired) electrons. The molecular weight excluding hydrogens is 587 g/mol. The van der Waals surface area contributed by atoms with E-state index in [-0.39, 0.29) is 37.6 Å². The summed E-state index contributed by atoms with van der Waals surface area (Å²) in [5.41, 5.74) is 1.97. The van der Waals surface area contributed by atoms with Crippen LogP contribution in [0.15, 0.2) is 66.0 Å². The van der Waals surface area contributed by atoms with E-state index in [1.165, 1.54) is 34.3 Å². The maximum atomic E-state index is 14.2. The molecule has 230 valence electrons. The summed E-state index contributed by atoms with van der Waals surface area (Å²) in [4.78, 5) is 42.0. The maximum Gasteiger partial charge on any atom is 0.331 e. The largest absolute Gasteiger partial charge is 0.497 e. The summed E-state index contributed by atoms with van der Waals surface area (Å²) < 4.78 is 36.7. The molecule has 0 saturated carbocycles. The van der Waals surface area contributed by atoms with Gasteiger partial charge >= 0.3 is 6.03 Å². The molecule has 0 atom stereocenters. The molecule has 2 heterocycles. The second-order valence-electron chi connectivity index (χ2n) is 10.1. The van der Waals surface area contributed by atoms with Gasteiger partial charge in [0.05, 0.1) is 37.8 Å². The first-order chi connectivity index (χ1) is 21.4. The molecule has 3 aromatic carbocycles. The third-order valence-corrected chi connectivity index (χ3v) is 8.30. The Morgan fingerprint density at radius 3 is 2.52 bits per heavy atom. The fraction of sp³-hybridized carbons (Fsp3) is 0.303. The van der Waals surface area contributed by atoms with Crippen LogP contribution in [0.4, 0.5) is 14.9 Å². The molecule has 44 heavy (non-hydrogen) atoms. The number of hydrogen-bond donors (Lipinski definition) is 0. The van der Waals surface area contributed by atoms with Crippen molar-refractivity contribution in [3.63, 3.8) is 0 Å². The lowest BCUT2D eigenvalue weighted by atomic mass is 10.1. The first kappa shape index (κ1) is 31.0. The lowest BCUT2D eigenvalue weighted by Crippen LogP contribution is -2.51. The Labute approximate surface area is 258 Å². The molecule has 0 spiro atoms. The average Bonchev–Trinajstić information content (AvgIpc) is 3.49. The predicted octanol–water partition coefficient (Wildman–Crippen LogP) is 6.48. The number of imide groups is 1. The van der Waals surface area contributed by atoms with Crippen LogP contribution in [0, 0.1) is 5.82 Å². The maximum absolute atomic E-state index is 14.2. The highest BCUT2D eigenvalue weighted by Gasteiger charge is 2.32. The number of nitrogens with zero attached hydrogens (tertiary/aromatic N) is 2. The number of anilines is 1. The van der Waals surface area contributed by atoms with Gasteiger partial charge in [0.15, 0.2) is 17.3 Å². The molecule has 0 N–H and O–H groups in total. The van der Waals surface area contributed by atoms with Gasteiger partial charge in [0, 0.05) is 42.3 Å². The van der Waals surface area contributed by atoms with E-state index in [0.29, 0.717) is 59.0 Å². The number of thiophene rings is 1. The molecule has 9 nitrogen and oxygen atoms in total. The Kier molecular flexibility index (Phi) is 10.1. The number of fused-ring (bicyclic) bond motifs is 1. The van der Waals surface area contributed by atoms with Gasteiger partial charge in [0.25, 0.3) is 0 Å². The number of hydrogen-bond acceptors (Lipinski definition) is 8. The molecule has 0 unspecified atom stereocenters. The molecule has 5 rings (SSSR count). The Hall–Kier alpha value is -4.48. The van der Waals surface area contributed by atoms with Gasteiger partial charge in [-0.05, 0) is 48.4 Å². The zero-order chi connectivity index (χ0) is 31.1. The Balaban J connectivity index is 1.12. The van der Waals surface area contributed by atoms with Crippen molar-refractivity contribution in [2.45, 2.75) is 25.9 Å². The SMILES string of the molecule is COc1ccc(COCCOc2ccc(C(=O)CCC(=O)N3CCCN(c4csc5c(F)cccc45)C3=O)cc2OC)cc1. The van der Waals surface area contributed by atoms with E-state index in [2.05, 4.69) is 0 Å². The smallest absolute Gasteiger partial charge is 0.331 e. The van der Waals surface area contributed by atoms with E-state index in [4.69, 9.17) is 18.9 Å². The minimum absolute atomic E-state index is 0.0717. The van der Waals surface area contributed by atoms with E-state index >= 15 is 0 Å². The predicted molar refractivity (Wildman–Crippen MR) is 166 cm³/mol. The Morgan fingerprint density at radius 2 is 1.75 bits per heavy atom. The third kappa shape index (κ3) is 7.00. The highest BCUT2D eigenvalue weighted by Crippen LogP contribution is 2.36. The Bertz CT molecular complexity index is 1640. The average molecular weight is 621 g/mol. The fourth-order valence-corrected chi connectivity index (χ4v) is 5.94. The number of carbonyl (C=O) groups excluding carboxylic acids is 3. The highest BCUT2D eigenvalue weighted by atomic mass is 32.1. The summed E-state index contributed by atoms with van der Waals surface area (Å²) in [5, 5.41) is 2.37. The molecule has 1 saturated heterocycles. The van der Waals surface area contributed by atoms with Gasteiger partial charge in [-0.3, -0.25) is 19.4 Å². The topological polar surface area (TPSA) is 94.6 Å². The van der Waals surface area contributed by atoms with Crippen molar-refractivity contribution in [2.24, 2.45) is 0 Å². The second-order valence-corrected chi connectivity index (χ2v) is 11.0. The van der Waals surface area contributed by atoms with E-state index in [1.807, 2.05) is 24.3 Å². The third-order valence-electron chi connectivity index (χ3n) is 7.31. The molecule has 11 heteroatoms. The summed E-state index contributed by atoms with van der Waals surface area (Å²) >= 11 is 1.22. The van der Waals surface area contributed by atoms with Crippen LogP contribution in [0.5, 0.6) is 17.2 Å². The summed E-state index contributed by atoms with van der Waals surface area (Å²) in [5.74, 6) is 0.601. The van der Waals surface area contributed by atoms with Crippen molar-refractivity contribution in [2.75, 3.05) is 45.4 Å². The summed E-state index contributed by atoms with van der Waals surface area (Å²) in [7, 11) is 3.10. The van der Waals surface area contributed by atoms with Crippen LogP contribution in [-0.2, 0) is 16.1 Å². The van der Waals surface area contributed by atoms with E-state index < -0.39 is 11.9 Å². The lowest BCUT2D eigenvalue weighted by Gasteiger charge is -2.34. The van der Waals surface area contributed by atoms with Gasteiger partial charge in [-0.25, -0.2) is 9.18 Å². The van der Waals surface area contributed by atoms with Crippen molar-refractivity contribution in [3.05, 3.63) is 83.0 Å². The van der Waals surface area contributed by atoms with Crippen molar-refractivity contribution in [1.29, 1.82) is 0 Å². The van der Waals surface area contributed by atoms with Gasteiger partial charge in [0.1, 0.15) is 18.2 Å². The second kappa shape index (κ2) is 14.3. The van der Waals surface area contributed by atoms with Crippen molar-refractivity contribution < 1.29 is 37.7 Å². The summed E-state index contributed by atoms with van der Waals surface area (Å²) in [6.45, 7) is 1.76. The number of benzene rings is 3. The van der Waals surface area contributed by atoms with Crippen LogP contribution in [0.25, 0.3) is 10.1 Å². The van der Waals surface area contributed by atoms with Gasteiger partial charge in [0.2, 0.25) is 5.91 Å². The molecule has 1 aliphatic rings. The van der Waals surface area contributed by atoms with Crippen molar-refractivity contribution in [1.82, 2.24) is 4.90 Å². The first-order valence-corrected chi connectivity index (χ1v) is 15.1. The van der Waals surface area contributed by atoms with Crippen LogP contribution >= 0.6 is 11.3 Å². The summed E-state index contributed by atoms with van der Waals surface area (Å²) in [6.07, 6.45) is 0.380. The molecule has 4 aromatic rings.